The highest BCUT2D eigenvalue weighted by atomic mass is 79.9. The Morgan fingerprint density at radius 3 is 2.35 bits per heavy atom. The smallest absolute Gasteiger partial charge is 0.0767 e. The van der Waals surface area contributed by atoms with Crippen molar-refractivity contribution < 1.29 is 0 Å². The van der Waals surface area contributed by atoms with Gasteiger partial charge in [0.15, 0.2) is 0 Å². The fourth-order valence-corrected chi connectivity index (χ4v) is 3.27. The summed E-state index contributed by atoms with van der Waals surface area (Å²) in [5.74, 6) is 0. The molecule has 1 unspecified atom stereocenters. The van der Waals surface area contributed by atoms with Gasteiger partial charge in [0.2, 0.25) is 0 Å². The molecule has 0 spiro atoms. The molecule has 1 heterocycles. The molecule has 0 fully saturated rings. The predicted molar refractivity (Wildman–Crippen MR) is 89.1 cm³/mol. The number of aromatic nitrogens is 2. The predicted octanol–water partition coefficient (Wildman–Crippen LogP) is 3.00. The summed E-state index contributed by atoms with van der Waals surface area (Å²) < 4.78 is 3.32. The number of nitrogens with zero attached hydrogens (tertiary/aromatic N) is 4. The molecule has 0 aliphatic carbocycles. The monoisotopic (exact) mass is 344 g/mol. The number of halogens is 1. The zero-order valence-corrected chi connectivity index (χ0v) is 15.4. The number of aryl methyl sites for hydroxylation is 2. The zero-order valence-electron chi connectivity index (χ0n) is 13.8. The first-order chi connectivity index (χ1) is 9.44. The normalized spacial score (nSPS) is 13.4. The molecule has 0 aromatic carbocycles. The lowest BCUT2D eigenvalue weighted by Crippen LogP contribution is -2.40. The summed E-state index contributed by atoms with van der Waals surface area (Å²) in [6, 6.07) is 0.534. The van der Waals surface area contributed by atoms with E-state index in [0.29, 0.717) is 6.04 Å². The van der Waals surface area contributed by atoms with E-state index >= 15 is 0 Å². The largest absolute Gasteiger partial charge is 0.308 e. The van der Waals surface area contributed by atoms with Gasteiger partial charge in [-0.3, -0.25) is 9.58 Å². The molecule has 0 aliphatic rings. The lowest BCUT2D eigenvalue weighted by Gasteiger charge is -2.30. The first-order valence-corrected chi connectivity index (χ1v) is 8.36. The Morgan fingerprint density at radius 2 is 1.90 bits per heavy atom. The lowest BCUT2D eigenvalue weighted by molar-refractivity contribution is 0.170. The van der Waals surface area contributed by atoms with Gasteiger partial charge >= 0.3 is 0 Å². The van der Waals surface area contributed by atoms with Crippen molar-refractivity contribution in [2.75, 3.05) is 27.2 Å². The summed E-state index contributed by atoms with van der Waals surface area (Å²) in [6.07, 6.45) is 0.972. The fourth-order valence-electron chi connectivity index (χ4n) is 2.58. The Balaban J connectivity index is 2.91. The van der Waals surface area contributed by atoms with Gasteiger partial charge in [-0.25, -0.2) is 0 Å². The van der Waals surface area contributed by atoms with Crippen LogP contribution < -0.4 is 0 Å². The van der Waals surface area contributed by atoms with Crippen molar-refractivity contribution in [3.63, 3.8) is 0 Å². The van der Waals surface area contributed by atoms with Gasteiger partial charge in [-0.05, 0) is 56.8 Å². The van der Waals surface area contributed by atoms with Crippen molar-refractivity contribution in [1.29, 1.82) is 0 Å². The van der Waals surface area contributed by atoms with Crippen LogP contribution in [-0.2, 0) is 19.5 Å². The second-order valence-corrected chi connectivity index (χ2v) is 6.34. The third kappa shape index (κ3) is 4.30. The average Bonchev–Trinajstić information content (AvgIpc) is 2.70. The SMILES string of the molecule is CCc1nn(CC)c(CN(CC)C(C)CN(C)C)c1Br. The van der Waals surface area contributed by atoms with Crippen molar-refractivity contribution in [3.8, 4) is 0 Å². The Kier molecular flexibility index (Phi) is 7.20. The van der Waals surface area contributed by atoms with Gasteiger partial charge in [-0.2, -0.15) is 5.10 Å². The van der Waals surface area contributed by atoms with E-state index in [2.05, 4.69) is 77.3 Å². The molecule has 0 amide bonds. The molecule has 1 atom stereocenters. The maximum Gasteiger partial charge on any atom is 0.0767 e. The van der Waals surface area contributed by atoms with Crippen LogP contribution in [0.4, 0.5) is 0 Å². The second kappa shape index (κ2) is 8.15. The number of hydrogen-bond donors (Lipinski definition) is 0. The summed E-state index contributed by atoms with van der Waals surface area (Å²) in [5, 5.41) is 4.69. The molecule has 5 heteroatoms. The molecule has 1 rings (SSSR count). The minimum atomic E-state index is 0.534. The molecule has 4 nitrogen and oxygen atoms in total. The first-order valence-electron chi connectivity index (χ1n) is 7.57. The van der Waals surface area contributed by atoms with E-state index in [1.165, 1.54) is 10.2 Å². The summed E-state index contributed by atoms with van der Waals surface area (Å²) in [6.45, 7) is 12.8. The molecule has 116 valence electrons. The van der Waals surface area contributed by atoms with E-state index < -0.39 is 0 Å². The van der Waals surface area contributed by atoms with E-state index in [0.717, 1.165) is 38.3 Å². The van der Waals surface area contributed by atoms with E-state index in [9.17, 15) is 0 Å². The van der Waals surface area contributed by atoms with Gasteiger partial charge in [-0.1, -0.05) is 13.8 Å². The highest BCUT2D eigenvalue weighted by Gasteiger charge is 2.19. The van der Waals surface area contributed by atoms with Gasteiger partial charge in [-0.15, -0.1) is 0 Å². The van der Waals surface area contributed by atoms with Gasteiger partial charge in [0.25, 0.3) is 0 Å². The maximum absolute atomic E-state index is 4.69. The number of hydrogen-bond acceptors (Lipinski definition) is 3. The van der Waals surface area contributed by atoms with E-state index in [1.54, 1.807) is 0 Å². The van der Waals surface area contributed by atoms with Gasteiger partial charge in [0.05, 0.1) is 15.9 Å². The quantitative estimate of drug-likeness (QED) is 0.724. The van der Waals surface area contributed by atoms with Crippen LogP contribution in [0.5, 0.6) is 0 Å². The zero-order chi connectivity index (χ0) is 15.3. The van der Waals surface area contributed by atoms with Crippen LogP contribution in [-0.4, -0.2) is 52.8 Å². The molecule has 0 radical (unpaired) electrons. The first kappa shape index (κ1) is 17.7. The summed E-state index contributed by atoms with van der Waals surface area (Å²) >= 11 is 3.74. The highest BCUT2D eigenvalue weighted by Crippen LogP contribution is 2.24. The van der Waals surface area contributed by atoms with E-state index in [4.69, 9.17) is 0 Å². The minimum Gasteiger partial charge on any atom is -0.308 e. The Hall–Kier alpha value is -0.390. The highest BCUT2D eigenvalue weighted by molar-refractivity contribution is 9.10. The summed E-state index contributed by atoms with van der Waals surface area (Å²) in [7, 11) is 4.26. The average molecular weight is 345 g/mol. The Bertz CT molecular complexity index is 414. The summed E-state index contributed by atoms with van der Waals surface area (Å²) in [5.41, 5.74) is 2.47. The van der Waals surface area contributed by atoms with Crippen LogP contribution in [0.3, 0.4) is 0 Å². The van der Waals surface area contributed by atoms with Crippen molar-refractivity contribution in [2.24, 2.45) is 0 Å². The van der Waals surface area contributed by atoms with Crippen molar-refractivity contribution in [1.82, 2.24) is 19.6 Å². The van der Waals surface area contributed by atoms with Gasteiger partial charge in [0.1, 0.15) is 0 Å². The minimum absolute atomic E-state index is 0.534. The molecule has 0 saturated carbocycles. The van der Waals surface area contributed by atoms with Crippen LogP contribution in [0.1, 0.15) is 39.1 Å². The molecule has 0 aliphatic heterocycles. The molecular formula is C15H29BrN4. The van der Waals surface area contributed by atoms with Gasteiger partial charge in [0, 0.05) is 25.7 Å². The van der Waals surface area contributed by atoms with E-state index in [1.807, 2.05) is 0 Å². The molecule has 1 aromatic rings. The van der Waals surface area contributed by atoms with Crippen LogP contribution in [0.25, 0.3) is 0 Å². The number of rotatable bonds is 8. The van der Waals surface area contributed by atoms with Crippen LogP contribution in [0.15, 0.2) is 4.47 Å². The van der Waals surface area contributed by atoms with Crippen molar-refractivity contribution in [3.05, 3.63) is 15.9 Å². The molecule has 0 N–H and O–H groups in total. The molecule has 0 bridgehead atoms. The lowest BCUT2D eigenvalue weighted by atomic mass is 10.2. The van der Waals surface area contributed by atoms with E-state index in [-0.39, 0.29) is 0 Å². The fraction of sp³-hybridized carbons (Fsp3) is 0.800. The van der Waals surface area contributed by atoms with Crippen LogP contribution >= 0.6 is 15.9 Å². The third-order valence-electron chi connectivity index (χ3n) is 3.71. The van der Waals surface area contributed by atoms with Crippen molar-refractivity contribution in [2.45, 2.75) is 53.2 Å². The topological polar surface area (TPSA) is 24.3 Å². The third-order valence-corrected chi connectivity index (χ3v) is 4.62. The molecule has 0 saturated heterocycles. The van der Waals surface area contributed by atoms with Crippen molar-refractivity contribution >= 4 is 15.9 Å². The van der Waals surface area contributed by atoms with Crippen LogP contribution in [0.2, 0.25) is 0 Å². The Labute approximate surface area is 132 Å². The summed E-state index contributed by atoms with van der Waals surface area (Å²) in [4.78, 5) is 4.75. The molecule has 20 heavy (non-hydrogen) atoms. The molecular weight excluding hydrogens is 316 g/mol. The Morgan fingerprint density at radius 1 is 1.25 bits per heavy atom. The standard InChI is InChI=1S/C15H29BrN4/c1-7-13-15(16)14(20(9-3)17-13)11-19(8-2)12(4)10-18(5)6/h12H,7-11H2,1-6H3. The maximum atomic E-state index is 4.69. The van der Waals surface area contributed by atoms with Crippen LogP contribution in [0, 0.1) is 0 Å². The van der Waals surface area contributed by atoms with Gasteiger partial charge < -0.3 is 4.90 Å². The molecule has 1 aromatic heterocycles. The second-order valence-electron chi connectivity index (χ2n) is 5.55. The number of likely N-dealkylation sites (N-methyl/N-ethyl adjacent to an activating group) is 2.